The van der Waals surface area contributed by atoms with Crippen molar-refractivity contribution >= 4 is 5.91 Å². The molecule has 1 aliphatic heterocycles. The second-order valence-corrected chi connectivity index (χ2v) is 10.5. The molecule has 2 heterocycles. The van der Waals surface area contributed by atoms with Crippen LogP contribution in [0.1, 0.15) is 53.3 Å². The van der Waals surface area contributed by atoms with Gasteiger partial charge in [-0.3, -0.25) is 9.48 Å². The minimum absolute atomic E-state index is 0.00132. The Kier molecular flexibility index (Phi) is 5.36. The van der Waals surface area contributed by atoms with Crippen LogP contribution in [-0.4, -0.2) is 39.8 Å². The van der Waals surface area contributed by atoms with E-state index < -0.39 is 29.5 Å². The highest BCUT2D eigenvalue weighted by molar-refractivity contribution is 5.97. The molecule has 0 radical (unpaired) electrons. The van der Waals surface area contributed by atoms with Gasteiger partial charge in [-0.05, 0) is 68.5 Å². The fourth-order valence-corrected chi connectivity index (χ4v) is 5.47. The first kappa shape index (κ1) is 23.9. The quantitative estimate of drug-likeness (QED) is 0.380. The first-order chi connectivity index (χ1) is 17.5. The molecule has 5 nitrogen and oxygen atoms in total. The molecule has 3 aromatic rings. The van der Waals surface area contributed by atoms with Gasteiger partial charge in [-0.25, -0.2) is 8.78 Å². The van der Waals surface area contributed by atoms with Gasteiger partial charge >= 0.3 is 6.18 Å². The maximum Gasteiger partial charge on any atom is 0.433 e. The number of halogens is 5. The van der Waals surface area contributed by atoms with Crippen molar-refractivity contribution in [1.29, 1.82) is 0 Å². The Balaban J connectivity index is 1.17. The Morgan fingerprint density at radius 1 is 1.03 bits per heavy atom. The largest absolute Gasteiger partial charge is 0.489 e. The van der Waals surface area contributed by atoms with Crippen molar-refractivity contribution in [3.05, 3.63) is 70.9 Å². The summed E-state index contributed by atoms with van der Waals surface area (Å²) in [5.74, 6) is -1.07. The Labute approximate surface area is 209 Å². The number of carbonyl (C=O) groups excluding carboxylic acids is 1. The Bertz CT molecular complexity index is 1380. The summed E-state index contributed by atoms with van der Waals surface area (Å²) in [5, 5.41) is 4.25. The molecule has 2 aromatic carbocycles. The molecule has 6 rings (SSSR count). The van der Waals surface area contributed by atoms with E-state index in [4.69, 9.17) is 4.74 Å². The number of amides is 1. The van der Waals surface area contributed by atoms with Crippen LogP contribution in [0.3, 0.4) is 0 Å². The molecule has 10 heteroatoms. The standard InChI is InChI=1S/C27H24F5N3O2/c1-15-2-3-16(28)8-21(15)22-10-24(27(30,31)32)35(33-22)18-11-26(12-18)13-34(14-26)25(36)20-7-4-17(29)9-23(20)37-19-5-6-19/h2-4,7-10,18-19H,5-6,11-14H2,1H3. The molecule has 0 bridgehead atoms. The zero-order valence-corrected chi connectivity index (χ0v) is 20.0. The number of rotatable bonds is 5. The molecule has 1 aromatic heterocycles. The van der Waals surface area contributed by atoms with Gasteiger partial charge in [-0.2, -0.15) is 18.3 Å². The zero-order valence-electron chi connectivity index (χ0n) is 20.0. The first-order valence-electron chi connectivity index (χ1n) is 12.2. The number of alkyl halides is 3. The molecule has 1 saturated heterocycles. The van der Waals surface area contributed by atoms with Crippen LogP contribution in [0, 0.1) is 24.0 Å². The SMILES string of the molecule is Cc1ccc(F)cc1-c1cc(C(F)(F)F)n(C2CC3(C2)CN(C(=O)c2ccc(F)cc2OC2CC2)C3)n1. The fourth-order valence-electron chi connectivity index (χ4n) is 5.47. The summed E-state index contributed by atoms with van der Waals surface area (Å²) in [6.07, 6.45) is -1.99. The van der Waals surface area contributed by atoms with Gasteiger partial charge in [0.1, 0.15) is 23.1 Å². The number of benzene rings is 2. The Morgan fingerprint density at radius 3 is 2.38 bits per heavy atom. The Hall–Kier alpha value is -3.43. The van der Waals surface area contributed by atoms with Gasteiger partial charge in [0.25, 0.3) is 5.91 Å². The van der Waals surface area contributed by atoms with Gasteiger partial charge in [0.2, 0.25) is 0 Å². The van der Waals surface area contributed by atoms with Crippen LogP contribution in [0.4, 0.5) is 22.0 Å². The number of likely N-dealkylation sites (tertiary alicyclic amines) is 1. The summed E-state index contributed by atoms with van der Waals surface area (Å²) < 4.78 is 75.8. The molecular formula is C27H24F5N3O2. The van der Waals surface area contributed by atoms with Gasteiger partial charge in [0.05, 0.1) is 23.4 Å². The monoisotopic (exact) mass is 517 g/mol. The molecule has 37 heavy (non-hydrogen) atoms. The molecular weight excluding hydrogens is 493 g/mol. The van der Waals surface area contributed by atoms with Crippen molar-refractivity contribution in [3.63, 3.8) is 0 Å². The summed E-state index contributed by atoms with van der Waals surface area (Å²) in [4.78, 5) is 14.7. The molecule has 3 aliphatic rings. The average Bonchev–Trinajstić information content (AvgIpc) is 3.47. The highest BCUT2D eigenvalue weighted by atomic mass is 19.4. The third-order valence-electron chi connectivity index (χ3n) is 7.52. The highest BCUT2D eigenvalue weighted by Gasteiger charge is 2.56. The van der Waals surface area contributed by atoms with Crippen LogP contribution in [0.2, 0.25) is 0 Å². The first-order valence-corrected chi connectivity index (χ1v) is 12.2. The Morgan fingerprint density at radius 2 is 1.70 bits per heavy atom. The van der Waals surface area contributed by atoms with E-state index in [1.165, 1.54) is 36.4 Å². The summed E-state index contributed by atoms with van der Waals surface area (Å²) in [6.45, 7) is 2.50. The van der Waals surface area contributed by atoms with Crippen molar-refractivity contribution in [2.24, 2.45) is 5.41 Å². The second-order valence-electron chi connectivity index (χ2n) is 10.5. The van der Waals surface area contributed by atoms with Crippen LogP contribution in [-0.2, 0) is 6.18 Å². The normalized spacial score (nSPS) is 19.0. The van der Waals surface area contributed by atoms with Gasteiger partial charge in [0, 0.05) is 30.1 Å². The number of hydrogen-bond acceptors (Lipinski definition) is 3. The van der Waals surface area contributed by atoms with Crippen LogP contribution in [0.25, 0.3) is 11.3 Å². The lowest BCUT2D eigenvalue weighted by atomic mass is 9.60. The number of ether oxygens (including phenoxy) is 1. The van der Waals surface area contributed by atoms with Crippen molar-refractivity contribution in [3.8, 4) is 17.0 Å². The van der Waals surface area contributed by atoms with Crippen LogP contribution in [0.5, 0.6) is 5.75 Å². The summed E-state index contributed by atoms with van der Waals surface area (Å²) in [5.41, 5.74) is 0.176. The fraction of sp³-hybridized carbons (Fsp3) is 0.407. The smallest absolute Gasteiger partial charge is 0.433 e. The predicted molar refractivity (Wildman–Crippen MR) is 124 cm³/mol. The van der Waals surface area contributed by atoms with Gasteiger partial charge < -0.3 is 9.64 Å². The van der Waals surface area contributed by atoms with Crippen LogP contribution < -0.4 is 4.74 Å². The van der Waals surface area contributed by atoms with Crippen molar-refractivity contribution in [1.82, 2.24) is 14.7 Å². The second kappa shape index (κ2) is 8.29. The third kappa shape index (κ3) is 4.36. The van der Waals surface area contributed by atoms with E-state index in [0.29, 0.717) is 42.6 Å². The van der Waals surface area contributed by atoms with Gasteiger partial charge in [-0.1, -0.05) is 6.07 Å². The molecule has 2 saturated carbocycles. The molecule has 0 atom stereocenters. The molecule has 1 amide bonds. The van der Waals surface area contributed by atoms with Crippen molar-refractivity contribution in [2.45, 2.75) is 50.9 Å². The predicted octanol–water partition coefficient (Wildman–Crippen LogP) is 6.17. The number of hydrogen-bond donors (Lipinski definition) is 0. The van der Waals surface area contributed by atoms with Crippen molar-refractivity contribution in [2.75, 3.05) is 13.1 Å². The van der Waals surface area contributed by atoms with E-state index in [9.17, 15) is 26.7 Å². The topological polar surface area (TPSA) is 47.4 Å². The van der Waals surface area contributed by atoms with Gasteiger partial charge in [-0.15, -0.1) is 0 Å². The van der Waals surface area contributed by atoms with E-state index in [-0.39, 0.29) is 28.9 Å². The number of aromatic nitrogens is 2. The number of carbonyl (C=O) groups is 1. The minimum Gasteiger partial charge on any atom is -0.489 e. The molecule has 1 spiro atoms. The van der Waals surface area contributed by atoms with E-state index in [2.05, 4.69) is 5.10 Å². The van der Waals surface area contributed by atoms with Crippen molar-refractivity contribution < 1.29 is 31.5 Å². The van der Waals surface area contributed by atoms with Crippen LogP contribution in [0.15, 0.2) is 42.5 Å². The van der Waals surface area contributed by atoms with E-state index in [1.807, 2.05) is 0 Å². The lowest BCUT2D eigenvalue weighted by Gasteiger charge is -2.59. The average molecular weight is 517 g/mol. The summed E-state index contributed by atoms with van der Waals surface area (Å²) >= 11 is 0. The zero-order chi connectivity index (χ0) is 26.1. The molecule has 3 fully saturated rings. The van der Waals surface area contributed by atoms with E-state index in [0.717, 1.165) is 23.6 Å². The van der Waals surface area contributed by atoms with Gasteiger partial charge in [0.15, 0.2) is 0 Å². The third-order valence-corrected chi connectivity index (χ3v) is 7.52. The maximum atomic E-state index is 13.9. The summed E-state index contributed by atoms with van der Waals surface area (Å²) in [7, 11) is 0. The number of nitrogens with zero attached hydrogens (tertiary/aromatic N) is 3. The van der Waals surface area contributed by atoms with E-state index >= 15 is 0 Å². The van der Waals surface area contributed by atoms with E-state index in [1.54, 1.807) is 11.8 Å². The van der Waals surface area contributed by atoms with Crippen LogP contribution >= 0.6 is 0 Å². The molecule has 194 valence electrons. The lowest BCUT2D eigenvalue weighted by molar-refractivity contribution is -0.149. The maximum absolute atomic E-state index is 13.9. The number of aryl methyl sites for hydroxylation is 1. The lowest BCUT2D eigenvalue weighted by Crippen LogP contribution is -2.64. The summed E-state index contributed by atoms with van der Waals surface area (Å²) in [6, 6.07) is 8.31. The molecule has 2 aliphatic carbocycles. The molecule has 0 unspecified atom stereocenters. The highest BCUT2D eigenvalue weighted by Crippen LogP contribution is 2.55. The molecule has 0 N–H and O–H groups in total. The minimum atomic E-state index is -4.61.